The highest BCUT2D eigenvalue weighted by Gasteiger charge is 2.19. The molecule has 7 nitrogen and oxygen atoms in total. The van der Waals surface area contributed by atoms with Gasteiger partial charge in [-0.3, -0.25) is 14.3 Å². The maximum Gasteiger partial charge on any atom is 0.261 e. The van der Waals surface area contributed by atoms with Crippen molar-refractivity contribution >= 4 is 27.5 Å². The summed E-state index contributed by atoms with van der Waals surface area (Å²) in [5.74, 6) is -1.01. The van der Waals surface area contributed by atoms with Crippen molar-refractivity contribution in [2.24, 2.45) is 0 Å². The molecule has 9 heteroatoms. The van der Waals surface area contributed by atoms with Crippen LogP contribution in [0.4, 0.5) is 10.1 Å². The average Bonchev–Trinajstić information content (AvgIpc) is 3.24. The molecule has 3 rings (SSSR count). The average molecular weight is 434 g/mol. The van der Waals surface area contributed by atoms with Crippen LogP contribution in [0.25, 0.3) is 0 Å². The number of hydrogen-bond donors (Lipinski definition) is 2. The zero-order chi connectivity index (χ0) is 21.7. The monoisotopic (exact) mass is 433 g/mol. The first kappa shape index (κ1) is 21.8. The molecular weight excluding hydrogens is 409 g/mol. The van der Waals surface area contributed by atoms with Gasteiger partial charge in [0.1, 0.15) is 5.82 Å². The zero-order valence-corrected chi connectivity index (χ0v) is 17.5. The van der Waals surface area contributed by atoms with Crippen LogP contribution in [0.2, 0.25) is 0 Å². The number of amides is 2. The number of hydrogen-bond acceptors (Lipinski definition) is 4. The third-order valence-electron chi connectivity index (χ3n) is 4.91. The van der Waals surface area contributed by atoms with E-state index in [2.05, 4.69) is 10.0 Å². The van der Waals surface area contributed by atoms with Crippen LogP contribution in [0.15, 0.2) is 47.4 Å². The van der Waals surface area contributed by atoms with Crippen molar-refractivity contribution in [1.29, 1.82) is 0 Å². The van der Waals surface area contributed by atoms with Crippen LogP contribution in [0.3, 0.4) is 0 Å². The number of anilines is 1. The van der Waals surface area contributed by atoms with E-state index in [0.29, 0.717) is 5.56 Å². The van der Waals surface area contributed by atoms with Gasteiger partial charge in [-0.25, -0.2) is 12.8 Å². The molecule has 0 bridgehead atoms. The van der Waals surface area contributed by atoms with E-state index in [1.54, 1.807) is 17.9 Å². The molecule has 1 aliphatic heterocycles. The van der Waals surface area contributed by atoms with Crippen molar-refractivity contribution in [3.05, 3.63) is 59.4 Å². The van der Waals surface area contributed by atoms with Crippen molar-refractivity contribution in [3.8, 4) is 0 Å². The van der Waals surface area contributed by atoms with Gasteiger partial charge in [0.2, 0.25) is 5.91 Å². The molecule has 0 saturated carbocycles. The Morgan fingerprint density at radius 2 is 1.83 bits per heavy atom. The van der Waals surface area contributed by atoms with E-state index >= 15 is 0 Å². The fourth-order valence-electron chi connectivity index (χ4n) is 3.19. The molecule has 1 fully saturated rings. The van der Waals surface area contributed by atoms with Gasteiger partial charge in [0.05, 0.1) is 4.90 Å². The van der Waals surface area contributed by atoms with Crippen LogP contribution in [-0.4, -0.2) is 44.8 Å². The maximum atomic E-state index is 13.7. The minimum atomic E-state index is -4.00. The summed E-state index contributed by atoms with van der Waals surface area (Å²) in [7, 11) is -4.00. The number of carbonyl (C=O) groups is 2. The Hall–Kier alpha value is -2.94. The predicted octanol–water partition coefficient (Wildman–Crippen LogP) is 2.68. The van der Waals surface area contributed by atoms with Crippen molar-refractivity contribution in [1.82, 2.24) is 10.2 Å². The lowest BCUT2D eigenvalue weighted by Gasteiger charge is -2.15. The number of aryl methyl sites for hydroxylation is 1. The van der Waals surface area contributed by atoms with Gasteiger partial charge in [0.25, 0.3) is 15.9 Å². The van der Waals surface area contributed by atoms with Crippen LogP contribution < -0.4 is 10.0 Å². The van der Waals surface area contributed by atoms with Gasteiger partial charge in [-0.1, -0.05) is 12.1 Å². The molecule has 2 aromatic rings. The lowest BCUT2D eigenvalue weighted by molar-refractivity contribution is -0.129. The number of carbonyl (C=O) groups excluding carboxylic acids is 2. The summed E-state index contributed by atoms with van der Waals surface area (Å²) in [4.78, 5) is 26.0. The van der Waals surface area contributed by atoms with Gasteiger partial charge in [0.15, 0.2) is 0 Å². The molecule has 30 heavy (non-hydrogen) atoms. The highest BCUT2D eigenvalue weighted by Crippen LogP contribution is 2.19. The van der Waals surface area contributed by atoms with E-state index in [-0.39, 0.29) is 35.0 Å². The fraction of sp³-hybridized carbons (Fsp3) is 0.333. The molecule has 2 amide bonds. The highest BCUT2D eigenvalue weighted by molar-refractivity contribution is 7.92. The Kier molecular flexibility index (Phi) is 6.71. The Balaban J connectivity index is 1.61. The van der Waals surface area contributed by atoms with Crippen molar-refractivity contribution in [3.63, 3.8) is 0 Å². The zero-order valence-electron chi connectivity index (χ0n) is 16.7. The van der Waals surface area contributed by atoms with Gasteiger partial charge in [-0.2, -0.15) is 0 Å². The molecule has 0 spiro atoms. The SMILES string of the molecule is Cc1ccc(S(=O)(=O)Nc2cccc(C(=O)NCCC(=O)N3CCCC3)c2)cc1F. The quantitative estimate of drug-likeness (QED) is 0.702. The molecule has 0 aliphatic carbocycles. The second-order valence-corrected chi connectivity index (χ2v) is 8.87. The summed E-state index contributed by atoms with van der Waals surface area (Å²) in [6.07, 6.45) is 2.24. The minimum absolute atomic E-state index is 0.0136. The fourth-order valence-corrected chi connectivity index (χ4v) is 4.25. The third kappa shape index (κ3) is 5.35. The number of benzene rings is 2. The van der Waals surface area contributed by atoms with Crippen molar-refractivity contribution in [2.75, 3.05) is 24.4 Å². The summed E-state index contributed by atoms with van der Waals surface area (Å²) < 4.78 is 41.1. The normalized spacial score (nSPS) is 13.9. The summed E-state index contributed by atoms with van der Waals surface area (Å²) in [5, 5.41) is 2.68. The Morgan fingerprint density at radius 1 is 1.10 bits per heavy atom. The van der Waals surface area contributed by atoms with Crippen LogP contribution in [0, 0.1) is 12.7 Å². The molecular formula is C21H24FN3O4S. The summed E-state index contributed by atoms with van der Waals surface area (Å²) in [5.41, 5.74) is 0.770. The second-order valence-electron chi connectivity index (χ2n) is 7.19. The van der Waals surface area contributed by atoms with E-state index in [1.165, 1.54) is 30.3 Å². The van der Waals surface area contributed by atoms with E-state index in [1.807, 2.05) is 0 Å². The molecule has 2 N–H and O–H groups in total. The van der Waals surface area contributed by atoms with Gasteiger partial charge in [-0.15, -0.1) is 0 Å². The molecule has 1 saturated heterocycles. The molecule has 0 radical (unpaired) electrons. The van der Waals surface area contributed by atoms with Crippen LogP contribution in [-0.2, 0) is 14.8 Å². The van der Waals surface area contributed by atoms with E-state index in [0.717, 1.165) is 32.0 Å². The Bertz CT molecular complexity index is 1050. The molecule has 160 valence electrons. The Labute approximate surface area is 175 Å². The minimum Gasteiger partial charge on any atom is -0.352 e. The number of likely N-dealkylation sites (tertiary alicyclic amines) is 1. The van der Waals surface area contributed by atoms with Gasteiger partial charge >= 0.3 is 0 Å². The first-order valence-electron chi connectivity index (χ1n) is 9.71. The summed E-state index contributed by atoms with van der Waals surface area (Å²) in [6.45, 7) is 3.27. The van der Waals surface area contributed by atoms with Gasteiger partial charge < -0.3 is 10.2 Å². The molecule has 1 heterocycles. The van der Waals surface area contributed by atoms with E-state index < -0.39 is 21.7 Å². The summed E-state index contributed by atoms with van der Waals surface area (Å²) >= 11 is 0. The van der Waals surface area contributed by atoms with Gasteiger partial charge in [-0.05, 0) is 55.7 Å². The lowest BCUT2D eigenvalue weighted by atomic mass is 10.2. The van der Waals surface area contributed by atoms with Crippen LogP contribution in [0.5, 0.6) is 0 Å². The van der Waals surface area contributed by atoms with Crippen LogP contribution in [0.1, 0.15) is 35.2 Å². The molecule has 2 aromatic carbocycles. The van der Waals surface area contributed by atoms with Gasteiger partial charge in [0, 0.05) is 37.3 Å². The topological polar surface area (TPSA) is 95.6 Å². The number of nitrogens with one attached hydrogen (secondary N) is 2. The highest BCUT2D eigenvalue weighted by atomic mass is 32.2. The lowest BCUT2D eigenvalue weighted by Crippen LogP contribution is -2.32. The molecule has 0 aromatic heterocycles. The molecule has 0 unspecified atom stereocenters. The number of halogens is 1. The number of nitrogens with zero attached hydrogens (tertiary/aromatic N) is 1. The second kappa shape index (κ2) is 9.25. The Morgan fingerprint density at radius 3 is 2.53 bits per heavy atom. The van der Waals surface area contributed by atoms with Crippen molar-refractivity contribution in [2.45, 2.75) is 31.1 Å². The summed E-state index contributed by atoms with van der Waals surface area (Å²) in [6, 6.07) is 9.62. The van der Waals surface area contributed by atoms with E-state index in [9.17, 15) is 22.4 Å². The smallest absolute Gasteiger partial charge is 0.261 e. The number of rotatable bonds is 7. The van der Waals surface area contributed by atoms with E-state index in [4.69, 9.17) is 0 Å². The first-order valence-corrected chi connectivity index (χ1v) is 11.2. The standard InChI is InChI=1S/C21H24FN3O4S/c1-15-7-8-18(14-19(15)22)30(28,29)24-17-6-4-5-16(13-17)21(27)23-10-9-20(26)25-11-2-3-12-25/h4-8,13-14,24H,2-3,9-12H2,1H3,(H,23,27). The number of sulfonamides is 1. The maximum absolute atomic E-state index is 13.7. The molecule has 0 atom stereocenters. The largest absolute Gasteiger partial charge is 0.352 e. The van der Waals surface area contributed by atoms with Crippen LogP contribution >= 0.6 is 0 Å². The predicted molar refractivity (Wildman–Crippen MR) is 111 cm³/mol. The van der Waals surface area contributed by atoms with Crippen molar-refractivity contribution < 1.29 is 22.4 Å². The molecule has 1 aliphatic rings. The third-order valence-corrected chi connectivity index (χ3v) is 6.29. The first-order chi connectivity index (χ1) is 14.3.